The quantitative estimate of drug-likeness (QED) is 0.774. The molecular weight excluding hydrogens is 316 g/mol. The molecule has 0 aliphatic rings. The van der Waals surface area contributed by atoms with E-state index < -0.39 is 0 Å². The van der Waals surface area contributed by atoms with Gasteiger partial charge in [-0.25, -0.2) is 0 Å². The minimum Gasteiger partial charge on any atom is -0.504 e. The third-order valence-corrected chi connectivity index (χ3v) is 3.50. The molecule has 0 bridgehead atoms. The molecule has 2 aromatic carbocycles. The molecule has 3 aromatic rings. The van der Waals surface area contributed by atoms with Crippen molar-refractivity contribution in [3.8, 4) is 23.0 Å². The molecule has 0 saturated heterocycles. The van der Waals surface area contributed by atoms with Crippen LogP contribution >= 0.6 is 11.6 Å². The topological polar surface area (TPSA) is 68.4 Å². The van der Waals surface area contributed by atoms with Crippen LogP contribution in [0.3, 0.4) is 0 Å². The van der Waals surface area contributed by atoms with Crippen LogP contribution in [0.15, 0.2) is 46.9 Å². The Balaban J connectivity index is 1.83. The number of methoxy groups -OCH3 is 1. The van der Waals surface area contributed by atoms with Crippen molar-refractivity contribution >= 4 is 23.8 Å². The molecule has 0 fully saturated rings. The van der Waals surface area contributed by atoms with Crippen LogP contribution in [-0.4, -0.2) is 22.4 Å². The van der Waals surface area contributed by atoms with Crippen molar-refractivity contribution < 1.29 is 14.3 Å². The molecule has 3 rings (SSSR count). The van der Waals surface area contributed by atoms with Crippen LogP contribution in [0.25, 0.3) is 23.6 Å². The van der Waals surface area contributed by atoms with Gasteiger partial charge in [0.05, 0.1) is 17.7 Å². The van der Waals surface area contributed by atoms with Crippen LogP contribution in [0.1, 0.15) is 11.5 Å². The van der Waals surface area contributed by atoms with Crippen LogP contribution in [0.5, 0.6) is 11.5 Å². The Kier molecular flexibility index (Phi) is 4.30. The molecule has 1 heterocycles. The lowest BCUT2D eigenvalue weighted by atomic mass is 10.2. The van der Waals surface area contributed by atoms with E-state index in [1.165, 1.54) is 7.11 Å². The SMILES string of the molecule is COc1cc(/C=C/c2nnc(-c3ccccc3Cl)o2)ccc1O. The van der Waals surface area contributed by atoms with Gasteiger partial charge in [0.25, 0.3) is 0 Å². The Bertz CT molecular complexity index is 859. The van der Waals surface area contributed by atoms with Gasteiger partial charge < -0.3 is 14.3 Å². The Labute approximate surface area is 137 Å². The van der Waals surface area contributed by atoms with E-state index in [4.69, 9.17) is 20.8 Å². The van der Waals surface area contributed by atoms with Crippen LogP contribution in [0.2, 0.25) is 5.02 Å². The fraction of sp³-hybridized carbons (Fsp3) is 0.0588. The number of halogens is 1. The van der Waals surface area contributed by atoms with Crippen LogP contribution in [0, 0.1) is 0 Å². The number of hydrogen-bond acceptors (Lipinski definition) is 5. The Hall–Kier alpha value is -2.79. The maximum Gasteiger partial charge on any atom is 0.249 e. The molecule has 116 valence electrons. The summed E-state index contributed by atoms with van der Waals surface area (Å²) in [6.07, 6.45) is 3.46. The Morgan fingerprint density at radius 1 is 1.13 bits per heavy atom. The molecule has 23 heavy (non-hydrogen) atoms. The number of aromatic hydroxyl groups is 1. The van der Waals surface area contributed by atoms with Crippen LogP contribution < -0.4 is 4.74 Å². The molecular formula is C17H13ClN2O3. The molecule has 0 atom stereocenters. The minimum absolute atomic E-state index is 0.0865. The highest BCUT2D eigenvalue weighted by Crippen LogP contribution is 2.28. The van der Waals surface area contributed by atoms with Crippen LogP contribution in [0.4, 0.5) is 0 Å². The normalized spacial score (nSPS) is 11.0. The van der Waals surface area contributed by atoms with Gasteiger partial charge in [0, 0.05) is 6.08 Å². The summed E-state index contributed by atoms with van der Waals surface area (Å²) in [5, 5.41) is 18.1. The molecule has 0 aliphatic carbocycles. The maximum absolute atomic E-state index is 9.57. The van der Waals surface area contributed by atoms with E-state index in [2.05, 4.69) is 10.2 Å². The molecule has 0 saturated carbocycles. The molecule has 1 N–H and O–H groups in total. The number of phenols is 1. The molecule has 0 spiro atoms. The van der Waals surface area contributed by atoms with Gasteiger partial charge in [-0.15, -0.1) is 10.2 Å². The average Bonchev–Trinajstić information content (AvgIpc) is 3.03. The second-order valence-corrected chi connectivity index (χ2v) is 5.10. The maximum atomic E-state index is 9.57. The van der Waals surface area contributed by atoms with Gasteiger partial charge in [-0.1, -0.05) is 29.8 Å². The second kappa shape index (κ2) is 6.54. The van der Waals surface area contributed by atoms with Gasteiger partial charge in [-0.3, -0.25) is 0 Å². The van der Waals surface area contributed by atoms with Gasteiger partial charge in [0.2, 0.25) is 11.8 Å². The van der Waals surface area contributed by atoms with Crippen molar-refractivity contribution in [3.63, 3.8) is 0 Å². The second-order valence-electron chi connectivity index (χ2n) is 4.69. The summed E-state index contributed by atoms with van der Waals surface area (Å²) in [5.74, 6) is 1.20. The summed E-state index contributed by atoms with van der Waals surface area (Å²) in [7, 11) is 1.50. The van der Waals surface area contributed by atoms with E-state index in [0.717, 1.165) is 5.56 Å². The van der Waals surface area contributed by atoms with Gasteiger partial charge in [-0.2, -0.15) is 0 Å². The van der Waals surface area contributed by atoms with Crippen molar-refractivity contribution in [1.82, 2.24) is 10.2 Å². The molecule has 0 amide bonds. The monoisotopic (exact) mass is 328 g/mol. The lowest BCUT2D eigenvalue weighted by molar-refractivity contribution is 0.373. The lowest BCUT2D eigenvalue weighted by Gasteiger charge is -2.03. The van der Waals surface area contributed by atoms with Crippen molar-refractivity contribution in [2.75, 3.05) is 7.11 Å². The van der Waals surface area contributed by atoms with E-state index in [1.54, 1.807) is 36.4 Å². The number of benzene rings is 2. The number of ether oxygens (including phenoxy) is 1. The van der Waals surface area contributed by atoms with E-state index >= 15 is 0 Å². The number of nitrogens with zero attached hydrogens (tertiary/aromatic N) is 2. The highest BCUT2D eigenvalue weighted by atomic mass is 35.5. The molecule has 0 radical (unpaired) electrons. The van der Waals surface area contributed by atoms with Gasteiger partial charge in [0.1, 0.15) is 0 Å². The third-order valence-electron chi connectivity index (χ3n) is 3.17. The van der Waals surface area contributed by atoms with Gasteiger partial charge in [-0.05, 0) is 35.9 Å². The Morgan fingerprint density at radius 3 is 2.74 bits per heavy atom. The van der Waals surface area contributed by atoms with Gasteiger partial charge >= 0.3 is 0 Å². The van der Waals surface area contributed by atoms with Crippen LogP contribution in [-0.2, 0) is 0 Å². The van der Waals surface area contributed by atoms with Crippen molar-refractivity contribution in [2.24, 2.45) is 0 Å². The molecule has 0 aliphatic heterocycles. The van der Waals surface area contributed by atoms with Crippen molar-refractivity contribution in [1.29, 1.82) is 0 Å². The Morgan fingerprint density at radius 2 is 1.96 bits per heavy atom. The summed E-state index contributed by atoms with van der Waals surface area (Å²) in [6, 6.07) is 12.3. The standard InChI is InChI=1S/C17H13ClN2O3/c1-22-15-10-11(6-8-14(15)21)7-9-16-19-20-17(23-16)12-4-2-3-5-13(12)18/h2-10,21H,1H3/b9-7+. The fourth-order valence-electron chi connectivity index (χ4n) is 2.01. The van der Waals surface area contributed by atoms with E-state index in [1.807, 2.05) is 18.2 Å². The van der Waals surface area contributed by atoms with E-state index in [9.17, 15) is 5.11 Å². The predicted octanol–water partition coefficient (Wildman–Crippen LogP) is 4.27. The van der Waals surface area contributed by atoms with E-state index in [-0.39, 0.29) is 5.75 Å². The smallest absolute Gasteiger partial charge is 0.249 e. The minimum atomic E-state index is 0.0865. The van der Waals surface area contributed by atoms with E-state index in [0.29, 0.717) is 28.1 Å². The largest absolute Gasteiger partial charge is 0.504 e. The summed E-state index contributed by atoms with van der Waals surface area (Å²) >= 11 is 6.11. The molecule has 0 unspecified atom stereocenters. The van der Waals surface area contributed by atoms with Crippen molar-refractivity contribution in [3.05, 3.63) is 58.9 Å². The summed E-state index contributed by atoms with van der Waals surface area (Å²) in [5.41, 5.74) is 1.52. The highest BCUT2D eigenvalue weighted by molar-refractivity contribution is 6.33. The number of rotatable bonds is 4. The van der Waals surface area contributed by atoms with Crippen molar-refractivity contribution in [2.45, 2.75) is 0 Å². The molecule has 1 aromatic heterocycles. The lowest BCUT2D eigenvalue weighted by Crippen LogP contribution is -1.84. The zero-order valence-corrected chi connectivity index (χ0v) is 13.0. The molecule has 5 nitrogen and oxygen atoms in total. The third kappa shape index (κ3) is 3.35. The number of hydrogen-bond donors (Lipinski definition) is 1. The average molecular weight is 329 g/mol. The zero-order chi connectivity index (χ0) is 16.2. The first-order valence-corrected chi connectivity index (χ1v) is 7.18. The number of aromatic nitrogens is 2. The zero-order valence-electron chi connectivity index (χ0n) is 12.2. The molecule has 6 heteroatoms. The first kappa shape index (κ1) is 15.1. The first-order valence-electron chi connectivity index (χ1n) is 6.81. The summed E-state index contributed by atoms with van der Waals surface area (Å²) in [6.45, 7) is 0. The first-order chi connectivity index (χ1) is 11.2. The predicted molar refractivity (Wildman–Crippen MR) is 88.3 cm³/mol. The summed E-state index contributed by atoms with van der Waals surface area (Å²) in [4.78, 5) is 0. The number of phenolic OH excluding ortho intramolecular Hbond substituents is 1. The highest BCUT2D eigenvalue weighted by Gasteiger charge is 2.10. The fourth-order valence-corrected chi connectivity index (χ4v) is 2.23. The van der Waals surface area contributed by atoms with Gasteiger partial charge in [0.15, 0.2) is 11.5 Å². The summed E-state index contributed by atoms with van der Waals surface area (Å²) < 4.78 is 10.6.